The molecule has 9 heteroatoms. The molecule has 0 atom stereocenters. The van der Waals surface area contributed by atoms with Crippen LogP contribution in [0.5, 0.6) is 17.2 Å². The summed E-state index contributed by atoms with van der Waals surface area (Å²) in [5.74, 6) is 1.60. The Morgan fingerprint density at radius 2 is 0.692 bits per heavy atom. The second-order valence-electron chi connectivity index (χ2n) is 8.13. The van der Waals surface area contributed by atoms with Crippen molar-refractivity contribution >= 4 is 0 Å². The van der Waals surface area contributed by atoms with Crippen LogP contribution in [0.3, 0.4) is 0 Å². The van der Waals surface area contributed by atoms with E-state index < -0.39 is 17.1 Å². The molecule has 0 saturated carbocycles. The van der Waals surface area contributed by atoms with E-state index in [1.807, 2.05) is 0 Å². The van der Waals surface area contributed by atoms with Crippen molar-refractivity contribution in [2.45, 2.75) is 0 Å². The van der Waals surface area contributed by atoms with E-state index in [2.05, 4.69) is 19.7 Å². The molecule has 0 radical (unpaired) electrons. The lowest BCUT2D eigenvalue weighted by Gasteiger charge is -2.15. The van der Waals surface area contributed by atoms with Gasteiger partial charge in [0, 0.05) is 0 Å². The van der Waals surface area contributed by atoms with Crippen molar-refractivity contribution in [1.29, 1.82) is 0 Å². The standard InChI is InChI=1S/C30H27N3O6/c1-4-19-37-25-13-7-22(8-14-25)31-28(34)32(23-9-15-26(16-10-23)38-20-5-2)30(36)33(29(31)35)24-11-17-27(18-12-24)39-21-6-3/h4-18H,1-3,19-21H2. The number of hydrogen-bond donors (Lipinski definition) is 0. The van der Waals surface area contributed by atoms with Gasteiger partial charge in [-0.3, -0.25) is 0 Å². The number of aromatic nitrogens is 3. The average molecular weight is 526 g/mol. The molecule has 1 heterocycles. The summed E-state index contributed by atoms with van der Waals surface area (Å²) in [4.78, 5) is 41.0. The molecule has 9 nitrogen and oxygen atoms in total. The van der Waals surface area contributed by atoms with E-state index >= 15 is 0 Å². The highest BCUT2D eigenvalue weighted by Gasteiger charge is 2.19. The van der Waals surface area contributed by atoms with Crippen LogP contribution in [0.25, 0.3) is 17.1 Å². The fraction of sp³-hybridized carbons (Fsp3) is 0.100. The molecule has 0 aliphatic rings. The van der Waals surface area contributed by atoms with Gasteiger partial charge in [-0.1, -0.05) is 38.0 Å². The molecule has 3 aromatic carbocycles. The summed E-state index contributed by atoms with van der Waals surface area (Å²) >= 11 is 0. The number of nitrogens with zero attached hydrogens (tertiary/aromatic N) is 3. The summed E-state index contributed by atoms with van der Waals surface area (Å²) in [5, 5.41) is 0. The molecule has 0 amide bonds. The van der Waals surface area contributed by atoms with E-state index in [9.17, 15) is 14.4 Å². The fourth-order valence-electron chi connectivity index (χ4n) is 3.75. The van der Waals surface area contributed by atoms with Gasteiger partial charge in [0.2, 0.25) is 0 Å². The maximum Gasteiger partial charge on any atom is 0.345 e. The van der Waals surface area contributed by atoms with Gasteiger partial charge in [0.15, 0.2) is 0 Å². The summed E-state index contributed by atoms with van der Waals surface area (Å²) in [5.41, 5.74) is -1.70. The fourth-order valence-corrected chi connectivity index (χ4v) is 3.75. The molecule has 4 rings (SSSR count). The lowest BCUT2D eigenvalue weighted by atomic mass is 10.3. The van der Waals surface area contributed by atoms with E-state index in [0.29, 0.717) is 37.1 Å². The number of benzene rings is 3. The first-order chi connectivity index (χ1) is 19.0. The smallest absolute Gasteiger partial charge is 0.345 e. The first-order valence-electron chi connectivity index (χ1n) is 12.0. The predicted octanol–water partition coefficient (Wildman–Crippen LogP) is 3.83. The molecule has 198 valence electrons. The maximum absolute atomic E-state index is 13.7. The molecule has 1 aromatic heterocycles. The van der Waals surface area contributed by atoms with Gasteiger partial charge in [0.05, 0.1) is 17.1 Å². The third kappa shape index (κ3) is 5.83. The number of ether oxygens (including phenoxy) is 3. The lowest BCUT2D eigenvalue weighted by molar-refractivity contribution is 0.363. The highest BCUT2D eigenvalue weighted by Crippen LogP contribution is 2.17. The van der Waals surface area contributed by atoms with Crippen LogP contribution in [0.15, 0.2) is 125 Å². The Labute approximate surface area is 224 Å². The zero-order chi connectivity index (χ0) is 27.8. The number of rotatable bonds is 12. The molecule has 0 fully saturated rings. The molecule has 39 heavy (non-hydrogen) atoms. The monoisotopic (exact) mass is 525 g/mol. The Hall–Kier alpha value is -5.31. The first kappa shape index (κ1) is 26.7. The van der Waals surface area contributed by atoms with Crippen molar-refractivity contribution in [3.05, 3.63) is 142 Å². The van der Waals surface area contributed by atoms with E-state index in [1.54, 1.807) is 91.0 Å². The van der Waals surface area contributed by atoms with Gasteiger partial charge < -0.3 is 14.2 Å². The Morgan fingerprint density at radius 3 is 0.897 bits per heavy atom. The van der Waals surface area contributed by atoms with Crippen LogP contribution >= 0.6 is 0 Å². The summed E-state index contributed by atoms with van der Waals surface area (Å²) in [6, 6.07) is 19.2. The van der Waals surface area contributed by atoms with Gasteiger partial charge in [-0.05, 0) is 72.8 Å². The summed E-state index contributed by atoms with van der Waals surface area (Å²) in [6.07, 6.45) is 4.82. The predicted molar refractivity (Wildman–Crippen MR) is 150 cm³/mol. The maximum atomic E-state index is 13.7. The van der Waals surface area contributed by atoms with Crippen LogP contribution < -0.4 is 31.3 Å². The molecule has 0 spiro atoms. The van der Waals surface area contributed by atoms with Crippen molar-refractivity contribution in [1.82, 2.24) is 13.7 Å². The molecular weight excluding hydrogens is 498 g/mol. The largest absolute Gasteiger partial charge is 0.490 e. The van der Waals surface area contributed by atoms with Crippen LogP contribution in [0.4, 0.5) is 0 Å². The third-order valence-electron chi connectivity index (χ3n) is 5.54. The van der Waals surface area contributed by atoms with Crippen LogP contribution in [0.1, 0.15) is 0 Å². The summed E-state index contributed by atoms with van der Waals surface area (Å²) in [6.45, 7) is 11.8. The van der Waals surface area contributed by atoms with E-state index in [-0.39, 0.29) is 17.1 Å². The van der Waals surface area contributed by atoms with Crippen molar-refractivity contribution in [3.8, 4) is 34.3 Å². The molecule has 0 saturated heterocycles. The third-order valence-corrected chi connectivity index (χ3v) is 5.54. The zero-order valence-electron chi connectivity index (χ0n) is 21.2. The van der Waals surface area contributed by atoms with Crippen molar-refractivity contribution in [2.75, 3.05) is 19.8 Å². The van der Waals surface area contributed by atoms with Gasteiger partial charge in [-0.15, -0.1) is 0 Å². The number of hydrogen-bond acceptors (Lipinski definition) is 6. The van der Waals surface area contributed by atoms with Gasteiger partial charge in [-0.2, -0.15) is 0 Å². The highest BCUT2D eigenvalue weighted by atomic mass is 16.5. The van der Waals surface area contributed by atoms with E-state index in [4.69, 9.17) is 14.2 Å². The average Bonchev–Trinajstić information content (AvgIpc) is 2.96. The van der Waals surface area contributed by atoms with Gasteiger partial charge in [0.1, 0.15) is 37.1 Å². The topological polar surface area (TPSA) is 93.7 Å². The Morgan fingerprint density at radius 1 is 0.462 bits per heavy atom. The Bertz CT molecular complexity index is 1420. The van der Waals surface area contributed by atoms with Crippen molar-refractivity contribution in [3.63, 3.8) is 0 Å². The SMILES string of the molecule is C=CCOc1ccc(-n2c(=O)n(-c3ccc(OCC=C)cc3)c(=O)n(-c3ccc(OCC=C)cc3)c2=O)cc1. The second-order valence-corrected chi connectivity index (χ2v) is 8.13. The Balaban J connectivity index is 1.91. The van der Waals surface area contributed by atoms with E-state index in [0.717, 1.165) is 13.7 Å². The highest BCUT2D eigenvalue weighted by molar-refractivity contribution is 5.42. The molecule has 0 bridgehead atoms. The minimum atomic E-state index is -0.827. The molecule has 0 unspecified atom stereocenters. The molecule has 4 aromatic rings. The van der Waals surface area contributed by atoms with Gasteiger partial charge in [-0.25, -0.2) is 28.1 Å². The first-order valence-corrected chi connectivity index (χ1v) is 12.0. The quantitative estimate of drug-likeness (QED) is 0.261. The van der Waals surface area contributed by atoms with Crippen LogP contribution in [-0.2, 0) is 0 Å². The zero-order valence-corrected chi connectivity index (χ0v) is 21.2. The summed E-state index contributed by atoms with van der Waals surface area (Å²) < 4.78 is 19.3. The van der Waals surface area contributed by atoms with Gasteiger partial charge in [0.25, 0.3) is 0 Å². The second kappa shape index (κ2) is 12.3. The van der Waals surface area contributed by atoms with Crippen LogP contribution in [0.2, 0.25) is 0 Å². The summed E-state index contributed by atoms with van der Waals surface area (Å²) in [7, 11) is 0. The van der Waals surface area contributed by atoms with Gasteiger partial charge >= 0.3 is 17.1 Å². The minimum absolute atomic E-state index is 0.260. The van der Waals surface area contributed by atoms with Crippen molar-refractivity contribution < 1.29 is 14.2 Å². The van der Waals surface area contributed by atoms with E-state index in [1.165, 1.54) is 0 Å². The van der Waals surface area contributed by atoms with Crippen LogP contribution in [-0.4, -0.2) is 33.5 Å². The molecule has 0 aliphatic heterocycles. The minimum Gasteiger partial charge on any atom is -0.490 e. The molecular formula is C30H27N3O6. The van der Waals surface area contributed by atoms with Crippen LogP contribution in [0, 0.1) is 0 Å². The Kier molecular flexibility index (Phi) is 8.43. The normalized spacial score (nSPS) is 10.5. The molecule has 0 aliphatic carbocycles. The molecule has 0 N–H and O–H groups in total. The lowest BCUT2D eigenvalue weighted by Crippen LogP contribution is -2.52. The van der Waals surface area contributed by atoms with Crippen molar-refractivity contribution in [2.24, 2.45) is 0 Å².